The number of carbonyl (C=O) groups excluding carboxylic acids is 2. The molecular formula is C29H27FN4O4. The first-order chi connectivity index (χ1) is 18.4. The molecule has 1 aliphatic carbocycles. The number of halogens is 1. The van der Waals surface area contributed by atoms with E-state index >= 15 is 0 Å². The largest absolute Gasteiger partial charge is 0.507 e. The van der Waals surface area contributed by atoms with E-state index in [1.54, 1.807) is 60.7 Å². The summed E-state index contributed by atoms with van der Waals surface area (Å²) in [6, 6.07) is 19.0. The number of hydrogen-bond donors (Lipinski definition) is 3. The third-order valence-electron chi connectivity index (χ3n) is 6.27. The Morgan fingerprint density at radius 3 is 2.55 bits per heavy atom. The van der Waals surface area contributed by atoms with Gasteiger partial charge < -0.3 is 20.5 Å². The van der Waals surface area contributed by atoms with E-state index in [2.05, 4.69) is 15.7 Å². The number of phenols is 1. The van der Waals surface area contributed by atoms with Crippen molar-refractivity contribution in [2.45, 2.75) is 32.2 Å². The Kier molecular flexibility index (Phi) is 7.08. The number of carbonyl (C=O) groups is 2. The average Bonchev–Trinajstić information content (AvgIpc) is 3.67. The van der Waals surface area contributed by atoms with E-state index in [0.29, 0.717) is 46.1 Å². The molecule has 8 nitrogen and oxygen atoms in total. The van der Waals surface area contributed by atoms with E-state index < -0.39 is 11.8 Å². The van der Waals surface area contributed by atoms with E-state index in [1.165, 1.54) is 16.8 Å². The van der Waals surface area contributed by atoms with Crippen LogP contribution in [0.2, 0.25) is 0 Å². The molecule has 1 aromatic heterocycles. The van der Waals surface area contributed by atoms with Crippen LogP contribution in [0.25, 0.3) is 11.3 Å². The van der Waals surface area contributed by atoms with Gasteiger partial charge in [0.1, 0.15) is 17.3 Å². The number of nitrogens with zero attached hydrogens (tertiary/aromatic N) is 2. The predicted octanol–water partition coefficient (Wildman–Crippen LogP) is 5.68. The van der Waals surface area contributed by atoms with E-state index in [-0.39, 0.29) is 24.1 Å². The highest BCUT2D eigenvalue weighted by molar-refractivity contribution is 6.04. The summed E-state index contributed by atoms with van der Waals surface area (Å²) in [4.78, 5) is 25.7. The van der Waals surface area contributed by atoms with Crippen molar-refractivity contribution in [2.75, 3.05) is 11.9 Å². The number of ether oxygens (including phenoxy) is 1. The third-order valence-corrected chi connectivity index (χ3v) is 6.27. The Labute approximate surface area is 219 Å². The van der Waals surface area contributed by atoms with Crippen molar-refractivity contribution in [2.24, 2.45) is 0 Å². The van der Waals surface area contributed by atoms with Gasteiger partial charge in [-0.3, -0.25) is 4.79 Å². The van der Waals surface area contributed by atoms with Crippen LogP contribution >= 0.6 is 0 Å². The minimum absolute atomic E-state index is 0.0170. The molecule has 194 valence electrons. The van der Waals surface area contributed by atoms with Crippen LogP contribution in [-0.4, -0.2) is 33.4 Å². The van der Waals surface area contributed by atoms with Gasteiger partial charge >= 0.3 is 6.03 Å². The van der Waals surface area contributed by atoms with Crippen molar-refractivity contribution in [1.82, 2.24) is 15.1 Å². The molecule has 3 aromatic carbocycles. The van der Waals surface area contributed by atoms with Crippen molar-refractivity contribution < 1.29 is 23.8 Å². The summed E-state index contributed by atoms with van der Waals surface area (Å²) in [6.45, 7) is 2.44. The van der Waals surface area contributed by atoms with Crippen LogP contribution in [0.5, 0.6) is 11.5 Å². The maximum atomic E-state index is 14.0. The van der Waals surface area contributed by atoms with E-state index in [0.717, 1.165) is 12.8 Å². The zero-order valence-electron chi connectivity index (χ0n) is 20.8. The van der Waals surface area contributed by atoms with Gasteiger partial charge in [-0.2, -0.15) is 9.78 Å². The number of phenolic OH excluding ortho intramolecular Hbond substituents is 1. The fourth-order valence-corrected chi connectivity index (χ4v) is 4.14. The second kappa shape index (κ2) is 10.8. The van der Waals surface area contributed by atoms with Crippen LogP contribution in [0.1, 0.15) is 47.3 Å². The lowest BCUT2D eigenvalue weighted by Gasteiger charge is -2.09. The summed E-state index contributed by atoms with van der Waals surface area (Å²) >= 11 is 0. The zero-order chi connectivity index (χ0) is 26.6. The molecule has 0 saturated heterocycles. The number of amides is 2. The molecule has 5 rings (SSSR count). The molecule has 1 aliphatic rings. The molecule has 9 heteroatoms. The predicted molar refractivity (Wildman–Crippen MR) is 141 cm³/mol. The molecule has 1 saturated carbocycles. The maximum absolute atomic E-state index is 14.0. The van der Waals surface area contributed by atoms with Crippen molar-refractivity contribution in [3.05, 3.63) is 95.4 Å². The maximum Gasteiger partial charge on any atom is 0.342 e. The number of rotatable bonds is 8. The molecule has 0 bridgehead atoms. The van der Waals surface area contributed by atoms with Crippen LogP contribution in [0.3, 0.4) is 0 Å². The van der Waals surface area contributed by atoms with Crippen LogP contribution in [0.15, 0.2) is 72.8 Å². The van der Waals surface area contributed by atoms with Gasteiger partial charge in [0.25, 0.3) is 5.91 Å². The van der Waals surface area contributed by atoms with Crippen molar-refractivity contribution in [1.29, 1.82) is 0 Å². The van der Waals surface area contributed by atoms with Crippen LogP contribution < -0.4 is 15.4 Å². The summed E-state index contributed by atoms with van der Waals surface area (Å²) in [5.41, 5.74) is 2.77. The summed E-state index contributed by atoms with van der Waals surface area (Å²) in [5, 5.41) is 20.6. The minimum Gasteiger partial charge on any atom is -0.507 e. The highest BCUT2D eigenvalue weighted by atomic mass is 19.1. The topological polar surface area (TPSA) is 105 Å². The summed E-state index contributed by atoms with van der Waals surface area (Å²) < 4.78 is 20.7. The Hall–Kier alpha value is -4.66. The Morgan fingerprint density at radius 2 is 1.84 bits per heavy atom. The number of benzene rings is 3. The molecule has 3 N–H and O–H groups in total. The number of nitrogens with one attached hydrogen (secondary N) is 2. The summed E-state index contributed by atoms with van der Waals surface area (Å²) in [7, 11) is 0. The van der Waals surface area contributed by atoms with Crippen LogP contribution in [-0.2, 0) is 6.54 Å². The summed E-state index contributed by atoms with van der Waals surface area (Å²) in [5.74, 6) is 0.103. The molecule has 0 spiro atoms. The number of aromatic nitrogens is 2. The third kappa shape index (κ3) is 5.51. The van der Waals surface area contributed by atoms with Gasteiger partial charge in [0.05, 0.1) is 18.0 Å². The first-order valence-electron chi connectivity index (χ1n) is 12.4. The van der Waals surface area contributed by atoms with Gasteiger partial charge in [-0.25, -0.2) is 9.18 Å². The number of anilines is 1. The van der Waals surface area contributed by atoms with Gasteiger partial charge in [-0.15, -0.1) is 0 Å². The molecule has 4 aromatic rings. The lowest BCUT2D eigenvalue weighted by molar-refractivity contribution is 0.102. The number of aromatic hydroxyl groups is 1. The molecule has 0 unspecified atom stereocenters. The van der Waals surface area contributed by atoms with Gasteiger partial charge in [0.15, 0.2) is 0 Å². The Bertz CT molecular complexity index is 1480. The van der Waals surface area contributed by atoms with Crippen LogP contribution in [0, 0.1) is 5.82 Å². The highest BCUT2D eigenvalue weighted by Crippen LogP contribution is 2.42. The van der Waals surface area contributed by atoms with E-state index in [4.69, 9.17) is 4.74 Å². The van der Waals surface area contributed by atoms with Gasteiger partial charge in [-0.05, 0) is 74.4 Å². The molecular weight excluding hydrogens is 487 g/mol. The fraction of sp³-hybridized carbons (Fsp3) is 0.207. The Balaban J connectivity index is 1.36. The molecule has 1 heterocycles. The lowest BCUT2D eigenvalue weighted by Crippen LogP contribution is -2.30. The van der Waals surface area contributed by atoms with Crippen molar-refractivity contribution in [3.63, 3.8) is 0 Å². The monoisotopic (exact) mass is 514 g/mol. The Morgan fingerprint density at radius 1 is 1.08 bits per heavy atom. The second-order valence-electron chi connectivity index (χ2n) is 9.03. The van der Waals surface area contributed by atoms with Gasteiger partial charge in [0.2, 0.25) is 0 Å². The fourth-order valence-electron chi connectivity index (χ4n) is 4.14. The lowest BCUT2D eigenvalue weighted by atomic mass is 10.1. The van der Waals surface area contributed by atoms with Gasteiger partial charge in [-0.1, -0.05) is 18.2 Å². The SMILES string of the molecule is CCOc1ccc(C(=O)Nc2ccc(O)c(-c3cc(C4CC4)n(C(=O)NCc4ccccc4F)n3)c2)cc1. The number of hydrogen-bond acceptors (Lipinski definition) is 5. The minimum atomic E-state index is -0.485. The molecule has 0 radical (unpaired) electrons. The first-order valence-corrected chi connectivity index (χ1v) is 12.4. The molecule has 38 heavy (non-hydrogen) atoms. The zero-order valence-corrected chi connectivity index (χ0v) is 20.8. The normalized spacial score (nSPS) is 12.7. The van der Waals surface area contributed by atoms with Crippen LogP contribution in [0.4, 0.5) is 14.9 Å². The molecule has 0 atom stereocenters. The average molecular weight is 515 g/mol. The molecule has 2 amide bonds. The van der Waals surface area contributed by atoms with E-state index in [9.17, 15) is 19.1 Å². The first kappa shape index (κ1) is 25.0. The smallest absolute Gasteiger partial charge is 0.342 e. The highest BCUT2D eigenvalue weighted by Gasteiger charge is 2.31. The van der Waals surface area contributed by atoms with Crippen molar-refractivity contribution in [3.8, 4) is 22.8 Å². The van der Waals surface area contributed by atoms with Crippen molar-refractivity contribution >= 4 is 17.6 Å². The summed E-state index contributed by atoms with van der Waals surface area (Å²) in [6.07, 6.45) is 1.85. The quantitative estimate of drug-likeness (QED) is 0.262. The molecule has 0 aliphatic heterocycles. The second-order valence-corrected chi connectivity index (χ2v) is 9.03. The molecule has 1 fully saturated rings. The van der Waals surface area contributed by atoms with Gasteiger partial charge in [0, 0.05) is 34.8 Å². The standard InChI is InChI=1S/C29H27FN4O4/c1-2-38-22-12-9-19(10-13-22)28(36)32-21-11-14-27(35)23(15-21)25-16-26(18-7-8-18)34(33-25)29(37)31-17-20-5-3-4-6-24(20)30/h3-6,9-16,18,35H,2,7-8,17H2,1H3,(H,31,37)(H,32,36). The van der Waals surface area contributed by atoms with E-state index in [1.807, 2.05) is 6.92 Å².